The van der Waals surface area contributed by atoms with Gasteiger partial charge in [-0.15, -0.1) is 0 Å². The molecule has 0 spiro atoms. The minimum absolute atomic E-state index is 0.181. The Morgan fingerprint density at radius 1 is 1.24 bits per heavy atom. The molecule has 0 fully saturated rings. The van der Waals surface area contributed by atoms with Gasteiger partial charge in [0.05, 0.1) is 6.61 Å². The Balaban J connectivity index is 2.75. The summed E-state index contributed by atoms with van der Waals surface area (Å²) in [6.07, 6.45) is 0.951. The van der Waals surface area contributed by atoms with Gasteiger partial charge in [-0.3, -0.25) is 0 Å². The first-order valence-corrected chi connectivity index (χ1v) is 6.20. The molecule has 0 aromatic heterocycles. The maximum atomic E-state index is 6.04. The van der Waals surface area contributed by atoms with E-state index in [1.165, 1.54) is 0 Å². The summed E-state index contributed by atoms with van der Waals surface area (Å²) in [4.78, 5) is 0. The molecule has 1 N–H and O–H groups in total. The van der Waals surface area contributed by atoms with E-state index >= 15 is 0 Å². The fourth-order valence-electron chi connectivity index (χ4n) is 1.69. The molecule has 3 nitrogen and oxygen atoms in total. The summed E-state index contributed by atoms with van der Waals surface area (Å²) in [5.41, 5.74) is -0.181. The summed E-state index contributed by atoms with van der Waals surface area (Å²) in [6, 6.07) is 7.80. The van der Waals surface area contributed by atoms with E-state index in [1.54, 1.807) is 0 Å². The van der Waals surface area contributed by atoms with Gasteiger partial charge in [-0.2, -0.15) is 0 Å². The van der Waals surface area contributed by atoms with Crippen molar-refractivity contribution in [1.29, 1.82) is 0 Å². The van der Waals surface area contributed by atoms with E-state index < -0.39 is 0 Å². The summed E-state index contributed by atoms with van der Waals surface area (Å²) in [5.74, 6) is 1.71. The van der Waals surface area contributed by atoms with Crippen LogP contribution in [0.15, 0.2) is 24.3 Å². The number of nitrogens with one attached hydrogen (secondary N) is 1. The lowest BCUT2D eigenvalue weighted by Gasteiger charge is -2.29. The minimum atomic E-state index is -0.181. The fraction of sp³-hybridized carbons (Fsp3) is 0.571. The van der Waals surface area contributed by atoms with Crippen LogP contribution in [0.2, 0.25) is 0 Å². The summed E-state index contributed by atoms with van der Waals surface area (Å²) in [7, 11) is 1.94. The van der Waals surface area contributed by atoms with Gasteiger partial charge in [0.2, 0.25) is 0 Å². The second-order valence-corrected chi connectivity index (χ2v) is 4.34. The average molecular weight is 237 g/mol. The normalized spacial score (nSPS) is 14.1. The van der Waals surface area contributed by atoms with Gasteiger partial charge in [-0.05, 0) is 39.4 Å². The predicted octanol–water partition coefficient (Wildman–Crippen LogP) is 2.85. The molecule has 17 heavy (non-hydrogen) atoms. The minimum Gasteiger partial charge on any atom is -0.494 e. The van der Waals surface area contributed by atoms with E-state index in [-0.39, 0.29) is 5.60 Å². The van der Waals surface area contributed by atoms with Crippen LogP contribution in [0.25, 0.3) is 0 Å². The van der Waals surface area contributed by atoms with Crippen molar-refractivity contribution in [3.8, 4) is 11.5 Å². The third kappa shape index (κ3) is 4.27. The molecule has 1 aromatic rings. The zero-order chi connectivity index (χ0) is 12.7. The van der Waals surface area contributed by atoms with Gasteiger partial charge in [0.25, 0.3) is 0 Å². The highest BCUT2D eigenvalue weighted by Gasteiger charge is 2.23. The molecular formula is C14H23NO2. The van der Waals surface area contributed by atoms with E-state index in [0.29, 0.717) is 6.61 Å². The molecule has 3 heteroatoms. The first-order valence-electron chi connectivity index (χ1n) is 6.20. The number of hydrogen-bond acceptors (Lipinski definition) is 3. The highest BCUT2D eigenvalue weighted by molar-refractivity contribution is 5.33. The highest BCUT2D eigenvalue weighted by atomic mass is 16.5. The maximum Gasteiger partial charge on any atom is 0.123 e. The molecule has 0 amide bonds. The van der Waals surface area contributed by atoms with Crippen LogP contribution in [0.5, 0.6) is 11.5 Å². The summed E-state index contributed by atoms with van der Waals surface area (Å²) < 4.78 is 11.5. The molecule has 0 aliphatic heterocycles. The van der Waals surface area contributed by atoms with E-state index in [0.717, 1.165) is 24.5 Å². The lowest BCUT2D eigenvalue weighted by atomic mass is 10.0. The molecule has 0 radical (unpaired) electrons. The topological polar surface area (TPSA) is 30.5 Å². The largest absolute Gasteiger partial charge is 0.494 e. The summed E-state index contributed by atoms with van der Waals surface area (Å²) >= 11 is 0. The summed E-state index contributed by atoms with van der Waals surface area (Å²) in [5, 5.41) is 3.16. The van der Waals surface area contributed by atoms with Crippen LogP contribution in [-0.4, -0.2) is 25.8 Å². The van der Waals surface area contributed by atoms with Crippen LogP contribution >= 0.6 is 0 Å². The molecular weight excluding hydrogens is 214 g/mol. The van der Waals surface area contributed by atoms with Gasteiger partial charge in [0.15, 0.2) is 0 Å². The summed E-state index contributed by atoms with van der Waals surface area (Å²) in [6.45, 7) is 7.71. The van der Waals surface area contributed by atoms with Crippen molar-refractivity contribution in [3.05, 3.63) is 24.3 Å². The standard InChI is InChI=1S/C14H23NO2/c1-5-14(3,11-15-4)17-13-9-7-8-12(10-13)16-6-2/h7-10,15H,5-6,11H2,1-4H3. The molecule has 1 rings (SSSR count). The molecule has 96 valence electrons. The van der Waals surface area contributed by atoms with Crippen molar-refractivity contribution >= 4 is 0 Å². The third-order valence-corrected chi connectivity index (χ3v) is 2.78. The Kier molecular flexibility index (Phi) is 5.29. The van der Waals surface area contributed by atoms with Crippen molar-refractivity contribution in [2.75, 3.05) is 20.2 Å². The van der Waals surface area contributed by atoms with Crippen LogP contribution in [0.4, 0.5) is 0 Å². The van der Waals surface area contributed by atoms with Crippen LogP contribution < -0.4 is 14.8 Å². The number of likely N-dealkylation sites (N-methyl/N-ethyl adjacent to an activating group) is 1. The van der Waals surface area contributed by atoms with Crippen molar-refractivity contribution < 1.29 is 9.47 Å². The van der Waals surface area contributed by atoms with Crippen LogP contribution in [0.3, 0.4) is 0 Å². The molecule has 0 heterocycles. The van der Waals surface area contributed by atoms with Crippen molar-refractivity contribution in [3.63, 3.8) is 0 Å². The van der Waals surface area contributed by atoms with Crippen LogP contribution in [0, 0.1) is 0 Å². The van der Waals surface area contributed by atoms with Crippen molar-refractivity contribution in [2.45, 2.75) is 32.8 Å². The smallest absolute Gasteiger partial charge is 0.123 e. The van der Waals surface area contributed by atoms with Crippen LogP contribution in [0.1, 0.15) is 27.2 Å². The molecule has 1 atom stereocenters. The molecule has 0 aliphatic rings. The Hall–Kier alpha value is -1.22. The highest BCUT2D eigenvalue weighted by Crippen LogP contribution is 2.24. The molecule has 0 saturated carbocycles. The van der Waals surface area contributed by atoms with E-state index in [1.807, 2.05) is 38.2 Å². The Bertz CT molecular complexity index is 341. The molecule has 0 saturated heterocycles. The lowest BCUT2D eigenvalue weighted by Crippen LogP contribution is -2.41. The number of benzene rings is 1. The zero-order valence-corrected chi connectivity index (χ0v) is 11.2. The molecule has 1 aromatic carbocycles. The maximum absolute atomic E-state index is 6.04. The zero-order valence-electron chi connectivity index (χ0n) is 11.2. The van der Waals surface area contributed by atoms with Crippen LogP contribution in [-0.2, 0) is 0 Å². The quantitative estimate of drug-likeness (QED) is 0.791. The average Bonchev–Trinajstić information content (AvgIpc) is 2.30. The Labute approximate surface area is 104 Å². The van der Waals surface area contributed by atoms with E-state index in [9.17, 15) is 0 Å². The van der Waals surface area contributed by atoms with Gasteiger partial charge >= 0.3 is 0 Å². The molecule has 0 bridgehead atoms. The van der Waals surface area contributed by atoms with Gasteiger partial charge in [0, 0.05) is 12.6 Å². The van der Waals surface area contributed by atoms with Gasteiger partial charge in [0.1, 0.15) is 17.1 Å². The lowest BCUT2D eigenvalue weighted by molar-refractivity contribution is 0.0854. The Morgan fingerprint density at radius 3 is 2.53 bits per heavy atom. The predicted molar refractivity (Wildman–Crippen MR) is 70.9 cm³/mol. The second-order valence-electron chi connectivity index (χ2n) is 4.34. The molecule has 1 unspecified atom stereocenters. The van der Waals surface area contributed by atoms with Gasteiger partial charge in [-0.25, -0.2) is 0 Å². The third-order valence-electron chi connectivity index (χ3n) is 2.78. The monoisotopic (exact) mass is 237 g/mol. The van der Waals surface area contributed by atoms with Gasteiger partial charge < -0.3 is 14.8 Å². The number of rotatable bonds is 7. The second kappa shape index (κ2) is 6.50. The molecule has 0 aliphatic carbocycles. The Morgan fingerprint density at radius 2 is 1.94 bits per heavy atom. The number of ether oxygens (including phenoxy) is 2. The fourth-order valence-corrected chi connectivity index (χ4v) is 1.69. The number of hydrogen-bond donors (Lipinski definition) is 1. The van der Waals surface area contributed by atoms with E-state index in [4.69, 9.17) is 9.47 Å². The van der Waals surface area contributed by atoms with Gasteiger partial charge in [-0.1, -0.05) is 13.0 Å². The first kappa shape index (κ1) is 13.8. The van der Waals surface area contributed by atoms with Crippen molar-refractivity contribution in [1.82, 2.24) is 5.32 Å². The first-order chi connectivity index (χ1) is 8.13. The van der Waals surface area contributed by atoms with Crippen molar-refractivity contribution in [2.24, 2.45) is 0 Å². The van der Waals surface area contributed by atoms with E-state index in [2.05, 4.69) is 19.2 Å². The SMILES string of the molecule is CCOc1cccc(OC(C)(CC)CNC)c1.